The zero-order chi connectivity index (χ0) is 23.7. The first-order chi connectivity index (χ1) is 16.5. The van der Waals surface area contributed by atoms with Crippen molar-refractivity contribution in [3.8, 4) is 16.3 Å². The Bertz CT molecular complexity index is 1280. The number of thiazole rings is 1. The number of aliphatic hydroxyl groups is 2. The van der Waals surface area contributed by atoms with Gasteiger partial charge in [0.2, 0.25) is 5.95 Å². The van der Waals surface area contributed by atoms with Crippen LogP contribution >= 0.6 is 11.3 Å². The van der Waals surface area contributed by atoms with E-state index in [2.05, 4.69) is 16.7 Å². The Morgan fingerprint density at radius 1 is 1.09 bits per heavy atom. The molecule has 9 heteroatoms. The molecule has 4 aromatic rings. The van der Waals surface area contributed by atoms with E-state index >= 15 is 0 Å². The van der Waals surface area contributed by atoms with Gasteiger partial charge in [-0.25, -0.2) is 9.97 Å². The number of benzene rings is 2. The second-order valence-corrected chi connectivity index (χ2v) is 9.55. The number of aromatic nitrogens is 3. The van der Waals surface area contributed by atoms with Gasteiger partial charge in [-0.05, 0) is 44.0 Å². The third-order valence-corrected chi connectivity index (χ3v) is 7.21. The number of rotatable bonds is 7. The number of nitrogens with zero attached hydrogens (tertiary/aromatic N) is 3. The van der Waals surface area contributed by atoms with E-state index in [0.717, 1.165) is 37.9 Å². The normalized spacial score (nSPS) is 19.9. The van der Waals surface area contributed by atoms with Crippen LogP contribution < -0.4 is 15.4 Å². The summed E-state index contributed by atoms with van der Waals surface area (Å²) >= 11 is 1.60. The molecule has 34 heavy (non-hydrogen) atoms. The lowest BCUT2D eigenvalue weighted by atomic mass is 10.1. The van der Waals surface area contributed by atoms with Gasteiger partial charge in [0.05, 0.1) is 34.7 Å². The Hall–Kier alpha value is -3.27. The minimum atomic E-state index is -0.536. The second kappa shape index (κ2) is 9.54. The molecule has 2 heterocycles. The molecule has 8 nitrogen and oxygen atoms in total. The molecule has 0 spiro atoms. The van der Waals surface area contributed by atoms with Crippen LogP contribution in [0.2, 0.25) is 0 Å². The zero-order valence-corrected chi connectivity index (χ0v) is 19.8. The highest BCUT2D eigenvalue weighted by atomic mass is 32.1. The molecule has 176 valence electrons. The number of aryl methyl sites for hydroxylation is 1. The number of aliphatic hydroxyl groups excluding tert-OH is 2. The largest absolute Gasteiger partial charge is 0.497 e. The fourth-order valence-electron chi connectivity index (χ4n) is 4.41. The van der Waals surface area contributed by atoms with Gasteiger partial charge in [0.15, 0.2) is 0 Å². The van der Waals surface area contributed by atoms with Gasteiger partial charge in [-0.3, -0.25) is 0 Å². The lowest BCUT2D eigenvalue weighted by molar-refractivity contribution is 0.0908. The summed E-state index contributed by atoms with van der Waals surface area (Å²) in [5.74, 6) is 1.71. The van der Waals surface area contributed by atoms with Crippen molar-refractivity contribution in [1.82, 2.24) is 15.0 Å². The molecule has 3 atom stereocenters. The minimum absolute atomic E-state index is 0.0146. The second-order valence-electron chi connectivity index (χ2n) is 8.52. The fourth-order valence-corrected chi connectivity index (χ4v) is 5.47. The quantitative estimate of drug-likeness (QED) is 0.311. The zero-order valence-electron chi connectivity index (χ0n) is 19.0. The summed E-state index contributed by atoms with van der Waals surface area (Å²) in [6.45, 7) is 1.92. The van der Waals surface area contributed by atoms with Gasteiger partial charge in [0, 0.05) is 30.3 Å². The number of fused-ring (bicyclic) bond motifs is 1. The van der Waals surface area contributed by atoms with Crippen LogP contribution in [0.15, 0.2) is 48.5 Å². The molecular weight excluding hydrogens is 450 g/mol. The molecule has 0 amide bonds. The SMILES string of the molecule is COc1cccc(Nc2nc(C)c(-c3nc4ccccc4s3)c(NC3CC(O)C(CO)C3)n2)c1. The van der Waals surface area contributed by atoms with Crippen molar-refractivity contribution in [3.05, 3.63) is 54.2 Å². The first kappa shape index (κ1) is 22.5. The van der Waals surface area contributed by atoms with E-state index < -0.39 is 6.10 Å². The number of hydrogen-bond acceptors (Lipinski definition) is 9. The van der Waals surface area contributed by atoms with Gasteiger partial charge in [-0.2, -0.15) is 4.98 Å². The van der Waals surface area contributed by atoms with Gasteiger partial charge in [-0.1, -0.05) is 18.2 Å². The maximum atomic E-state index is 10.3. The van der Waals surface area contributed by atoms with E-state index in [-0.39, 0.29) is 18.6 Å². The van der Waals surface area contributed by atoms with E-state index in [1.807, 2.05) is 49.4 Å². The van der Waals surface area contributed by atoms with Crippen molar-refractivity contribution in [1.29, 1.82) is 0 Å². The van der Waals surface area contributed by atoms with Crippen molar-refractivity contribution in [2.24, 2.45) is 5.92 Å². The Labute approximate surface area is 201 Å². The predicted octanol–water partition coefficient (Wildman–Crippen LogP) is 4.36. The van der Waals surface area contributed by atoms with Crippen molar-refractivity contribution in [2.45, 2.75) is 31.9 Å². The molecule has 1 aliphatic rings. The standard InChI is InChI=1S/C25H27N5O3S/c1-14-22(24-29-19-8-3-4-9-21(19)34-24)23(27-17-10-15(13-31)20(32)12-17)30-25(26-14)28-16-6-5-7-18(11-16)33-2/h3-9,11,15,17,20,31-32H,10,12-13H2,1-2H3,(H2,26,27,28,30). The first-order valence-corrected chi connectivity index (χ1v) is 12.1. The van der Waals surface area contributed by atoms with E-state index in [1.165, 1.54) is 0 Å². The van der Waals surface area contributed by atoms with Gasteiger partial charge in [-0.15, -0.1) is 11.3 Å². The molecule has 5 rings (SSSR count). The van der Waals surface area contributed by atoms with Crippen LogP contribution in [0.3, 0.4) is 0 Å². The lowest BCUT2D eigenvalue weighted by Gasteiger charge is -2.18. The highest BCUT2D eigenvalue weighted by molar-refractivity contribution is 7.21. The number of nitrogens with one attached hydrogen (secondary N) is 2. The topological polar surface area (TPSA) is 112 Å². The summed E-state index contributed by atoms with van der Waals surface area (Å²) < 4.78 is 6.42. The van der Waals surface area contributed by atoms with Crippen molar-refractivity contribution in [2.75, 3.05) is 24.4 Å². The highest BCUT2D eigenvalue weighted by Crippen LogP contribution is 2.38. The van der Waals surface area contributed by atoms with Gasteiger partial charge in [0.1, 0.15) is 16.6 Å². The third kappa shape index (κ3) is 4.54. The van der Waals surface area contributed by atoms with Crippen LogP contribution in [0.5, 0.6) is 5.75 Å². The maximum Gasteiger partial charge on any atom is 0.229 e. The first-order valence-electron chi connectivity index (χ1n) is 11.2. The van der Waals surface area contributed by atoms with E-state index in [4.69, 9.17) is 19.7 Å². The predicted molar refractivity (Wildman–Crippen MR) is 135 cm³/mol. The molecule has 1 aliphatic carbocycles. The Morgan fingerprint density at radius 3 is 2.71 bits per heavy atom. The molecule has 2 aromatic heterocycles. The van der Waals surface area contributed by atoms with Crippen LogP contribution in [0, 0.1) is 12.8 Å². The van der Waals surface area contributed by atoms with Crippen LogP contribution in [0.4, 0.5) is 17.5 Å². The minimum Gasteiger partial charge on any atom is -0.497 e. The van der Waals surface area contributed by atoms with Gasteiger partial charge < -0.3 is 25.6 Å². The number of hydrogen-bond donors (Lipinski definition) is 4. The molecule has 4 N–H and O–H groups in total. The van der Waals surface area contributed by atoms with E-state index in [1.54, 1.807) is 18.4 Å². The molecule has 1 fully saturated rings. The summed E-state index contributed by atoms with van der Waals surface area (Å²) in [5, 5.41) is 27.5. The molecular formula is C25H27N5O3S. The lowest BCUT2D eigenvalue weighted by Crippen LogP contribution is -2.19. The number of methoxy groups -OCH3 is 1. The van der Waals surface area contributed by atoms with Crippen LogP contribution in [0.1, 0.15) is 18.5 Å². The maximum absolute atomic E-state index is 10.3. The average Bonchev–Trinajstić information content (AvgIpc) is 3.41. The molecule has 2 aromatic carbocycles. The number of para-hydroxylation sites is 1. The number of anilines is 3. The van der Waals surface area contributed by atoms with Crippen molar-refractivity contribution < 1.29 is 14.9 Å². The smallest absolute Gasteiger partial charge is 0.229 e. The molecule has 0 radical (unpaired) electrons. The molecule has 0 aliphatic heterocycles. The van der Waals surface area contributed by atoms with Crippen molar-refractivity contribution in [3.63, 3.8) is 0 Å². The highest BCUT2D eigenvalue weighted by Gasteiger charge is 2.33. The molecule has 1 saturated carbocycles. The van der Waals surface area contributed by atoms with Gasteiger partial charge in [0.25, 0.3) is 0 Å². The van der Waals surface area contributed by atoms with E-state index in [0.29, 0.717) is 24.6 Å². The monoisotopic (exact) mass is 477 g/mol. The average molecular weight is 478 g/mol. The molecule has 0 bridgehead atoms. The van der Waals surface area contributed by atoms with Crippen molar-refractivity contribution >= 4 is 39.0 Å². The summed E-state index contributed by atoms with van der Waals surface area (Å²) in [5.41, 5.74) is 3.38. The summed E-state index contributed by atoms with van der Waals surface area (Å²) in [4.78, 5) is 14.4. The molecule has 0 saturated heterocycles. The van der Waals surface area contributed by atoms with Gasteiger partial charge >= 0.3 is 0 Å². The molecule has 3 unspecified atom stereocenters. The Kier molecular flexibility index (Phi) is 6.32. The summed E-state index contributed by atoms with van der Waals surface area (Å²) in [6.07, 6.45) is 0.677. The van der Waals surface area contributed by atoms with E-state index in [9.17, 15) is 10.2 Å². The van der Waals surface area contributed by atoms with Crippen LogP contribution in [0.25, 0.3) is 20.8 Å². The van der Waals surface area contributed by atoms with Crippen LogP contribution in [-0.2, 0) is 0 Å². The Balaban J connectivity index is 1.54. The van der Waals surface area contributed by atoms with Crippen LogP contribution in [-0.4, -0.2) is 51.0 Å². The number of ether oxygens (including phenoxy) is 1. The third-order valence-electron chi connectivity index (χ3n) is 6.16. The fraction of sp³-hybridized carbons (Fsp3) is 0.320. The summed E-state index contributed by atoms with van der Waals surface area (Å²) in [7, 11) is 1.63. The Morgan fingerprint density at radius 2 is 1.94 bits per heavy atom. The summed E-state index contributed by atoms with van der Waals surface area (Å²) in [6, 6.07) is 15.6.